The van der Waals surface area contributed by atoms with Crippen molar-refractivity contribution in [2.45, 2.75) is 20.0 Å². The fourth-order valence-corrected chi connectivity index (χ4v) is 4.11. The summed E-state index contributed by atoms with van der Waals surface area (Å²) in [4.78, 5) is 21.9. The molecule has 4 heterocycles. The van der Waals surface area contributed by atoms with Gasteiger partial charge in [0.1, 0.15) is 30.0 Å². The SMILES string of the molecule is Cc1cc(-c2nc3c(OCC(O)CO)ccnn3c2-c2ccnc(NC(=O)c3cc[n+]([O-])c(C)c3)c2)ccc1F. The number of ether oxygens (including phenoxy) is 1. The van der Waals surface area contributed by atoms with E-state index in [4.69, 9.17) is 14.8 Å². The van der Waals surface area contributed by atoms with Crippen LogP contribution in [0.5, 0.6) is 5.75 Å². The van der Waals surface area contributed by atoms with Crippen LogP contribution in [0.2, 0.25) is 0 Å². The molecule has 4 aromatic heterocycles. The Morgan fingerprint density at radius 3 is 2.73 bits per heavy atom. The van der Waals surface area contributed by atoms with Crippen LogP contribution in [0.25, 0.3) is 28.2 Å². The van der Waals surface area contributed by atoms with Crippen molar-refractivity contribution in [2.75, 3.05) is 18.5 Å². The van der Waals surface area contributed by atoms with E-state index in [1.54, 1.807) is 48.7 Å². The lowest BCUT2D eigenvalue weighted by Crippen LogP contribution is -2.30. The largest absolute Gasteiger partial charge is 0.619 e. The number of aryl methyl sites for hydroxylation is 2. The number of hydrogen-bond acceptors (Lipinski definition) is 8. The second-order valence-electron chi connectivity index (χ2n) is 9.12. The summed E-state index contributed by atoms with van der Waals surface area (Å²) in [6.07, 6.45) is 3.20. The Kier molecular flexibility index (Phi) is 7.36. The number of carbonyl (C=O) groups is 1. The number of aliphatic hydroxyl groups excluding tert-OH is 2. The van der Waals surface area contributed by atoms with Crippen molar-refractivity contribution in [1.82, 2.24) is 19.6 Å². The summed E-state index contributed by atoms with van der Waals surface area (Å²) in [5.74, 6) is -0.251. The molecule has 204 valence electrons. The first-order valence-electron chi connectivity index (χ1n) is 12.3. The van der Waals surface area contributed by atoms with Gasteiger partial charge in [0.2, 0.25) is 0 Å². The molecule has 3 N–H and O–H groups in total. The quantitative estimate of drug-likeness (QED) is 0.199. The van der Waals surface area contributed by atoms with Gasteiger partial charge in [-0.05, 0) is 42.8 Å². The number of aliphatic hydroxyl groups is 2. The number of pyridine rings is 2. The summed E-state index contributed by atoms with van der Waals surface area (Å²) in [6.45, 7) is 2.62. The number of hydrogen-bond donors (Lipinski definition) is 3. The van der Waals surface area contributed by atoms with Crippen LogP contribution in [-0.4, -0.2) is 55.0 Å². The third-order valence-corrected chi connectivity index (χ3v) is 6.19. The predicted molar refractivity (Wildman–Crippen MR) is 143 cm³/mol. The smallest absolute Gasteiger partial charge is 0.257 e. The van der Waals surface area contributed by atoms with Gasteiger partial charge in [0, 0.05) is 42.4 Å². The molecule has 12 heteroatoms. The third kappa shape index (κ3) is 5.30. The molecule has 1 amide bonds. The molecule has 0 saturated heterocycles. The van der Waals surface area contributed by atoms with Gasteiger partial charge in [-0.25, -0.2) is 18.9 Å². The molecule has 0 bridgehead atoms. The van der Waals surface area contributed by atoms with Crippen molar-refractivity contribution in [3.8, 4) is 28.3 Å². The normalized spacial score (nSPS) is 11.9. The number of benzene rings is 1. The van der Waals surface area contributed by atoms with E-state index in [0.29, 0.717) is 55.5 Å². The average molecular weight is 545 g/mol. The molecule has 0 saturated carbocycles. The summed E-state index contributed by atoms with van der Waals surface area (Å²) in [5, 5.41) is 37.8. The molecule has 5 aromatic rings. The Morgan fingerprint density at radius 1 is 1.15 bits per heavy atom. The number of nitrogens with one attached hydrogen (secondary N) is 1. The fourth-order valence-electron chi connectivity index (χ4n) is 4.11. The molecule has 0 aliphatic rings. The van der Waals surface area contributed by atoms with E-state index in [1.165, 1.54) is 36.8 Å². The lowest BCUT2D eigenvalue weighted by Gasteiger charge is -2.11. The Labute approximate surface area is 227 Å². The minimum Gasteiger partial charge on any atom is -0.619 e. The maximum absolute atomic E-state index is 14.1. The van der Waals surface area contributed by atoms with Gasteiger partial charge in [0.25, 0.3) is 5.91 Å². The van der Waals surface area contributed by atoms with Crippen molar-refractivity contribution < 1.29 is 28.9 Å². The molecular formula is C28H25FN6O5. The molecule has 1 aromatic carbocycles. The number of carbonyl (C=O) groups excluding carboxylic acids is 1. The number of anilines is 1. The summed E-state index contributed by atoms with van der Waals surface area (Å²) >= 11 is 0. The highest BCUT2D eigenvalue weighted by Gasteiger charge is 2.21. The average Bonchev–Trinajstić information content (AvgIpc) is 3.35. The predicted octanol–water partition coefficient (Wildman–Crippen LogP) is 2.83. The summed E-state index contributed by atoms with van der Waals surface area (Å²) < 4.78 is 22.0. The van der Waals surface area contributed by atoms with Crippen molar-refractivity contribution in [3.63, 3.8) is 0 Å². The zero-order valence-electron chi connectivity index (χ0n) is 21.6. The van der Waals surface area contributed by atoms with Gasteiger partial charge in [0.05, 0.1) is 24.1 Å². The first-order valence-corrected chi connectivity index (χ1v) is 12.3. The van der Waals surface area contributed by atoms with Crippen molar-refractivity contribution in [1.29, 1.82) is 0 Å². The van der Waals surface area contributed by atoms with E-state index in [9.17, 15) is 19.5 Å². The highest BCUT2D eigenvalue weighted by atomic mass is 19.1. The van der Waals surface area contributed by atoms with Crippen LogP contribution in [0.15, 0.2) is 67.1 Å². The van der Waals surface area contributed by atoms with Crippen LogP contribution in [0.4, 0.5) is 10.2 Å². The van der Waals surface area contributed by atoms with E-state index >= 15 is 0 Å². The van der Waals surface area contributed by atoms with Gasteiger partial charge in [0.15, 0.2) is 23.3 Å². The van der Waals surface area contributed by atoms with Gasteiger partial charge >= 0.3 is 0 Å². The second kappa shape index (κ2) is 11.0. The molecule has 5 rings (SSSR count). The van der Waals surface area contributed by atoms with Gasteiger partial charge in [-0.2, -0.15) is 9.83 Å². The highest BCUT2D eigenvalue weighted by Crippen LogP contribution is 2.36. The minimum atomic E-state index is -1.08. The highest BCUT2D eigenvalue weighted by molar-refractivity contribution is 6.04. The molecule has 11 nitrogen and oxygen atoms in total. The number of aromatic nitrogens is 5. The molecule has 0 aliphatic carbocycles. The summed E-state index contributed by atoms with van der Waals surface area (Å²) in [5.41, 5.74) is 3.62. The first kappa shape index (κ1) is 26.7. The van der Waals surface area contributed by atoms with Gasteiger partial charge in [-0.15, -0.1) is 0 Å². The number of halogens is 1. The summed E-state index contributed by atoms with van der Waals surface area (Å²) in [7, 11) is 0. The molecule has 0 radical (unpaired) electrons. The minimum absolute atomic E-state index is 0.167. The second-order valence-corrected chi connectivity index (χ2v) is 9.12. The molecule has 0 spiro atoms. The van der Waals surface area contributed by atoms with Crippen LogP contribution < -0.4 is 14.8 Å². The zero-order valence-corrected chi connectivity index (χ0v) is 21.6. The Hall–Kier alpha value is -4.94. The van der Waals surface area contributed by atoms with Crippen molar-refractivity contribution >= 4 is 17.4 Å². The third-order valence-electron chi connectivity index (χ3n) is 6.19. The molecular weight excluding hydrogens is 519 g/mol. The van der Waals surface area contributed by atoms with E-state index in [0.717, 1.165) is 0 Å². The Bertz CT molecular complexity index is 1720. The molecule has 1 unspecified atom stereocenters. The van der Waals surface area contributed by atoms with E-state index < -0.39 is 18.6 Å². The number of fused-ring (bicyclic) bond motifs is 1. The van der Waals surface area contributed by atoms with E-state index in [-0.39, 0.29) is 18.2 Å². The van der Waals surface area contributed by atoms with Crippen LogP contribution in [0.1, 0.15) is 21.6 Å². The molecule has 0 fully saturated rings. The van der Waals surface area contributed by atoms with E-state index in [2.05, 4.69) is 15.4 Å². The number of nitrogens with zero attached hydrogens (tertiary/aromatic N) is 5. The van der Waals surface area contributed by atoms with Gasteiger partial charge in [-0.3, -0.25) is 4.79 Å². The zero-order chi connectivity index (χ0) is 28.4. The van der Waals surface area contributed by atoms with Crippen LogP contribution in [-0.2, 0) is 0 Å². The lowest BCUT2D eigenvalue weighted by atomic mass is 10.0. The van der Waals surface area contributed by atoms with E-state index in [1.807, 2.05) is 0 Å². The maximum atomic E-state index is 14.1. The standard InChI is InChI=1S/C28H25FN6O5/c1-16-11-18(3-4-22(16)29)25-26(35-27(33-25)23(6-9-31-35)40-15-21(37)14-36)19-5-8-30-24(13-19)32-28(38)20-7-10-34(39)17(2)12-20/h3-13,21,36-37H,14-15H2,1-2H3,(H,30,32,38). The fraction of sp³-hybridized carbons (Fsp3) is 0.179. The van der Waals surface area contributed by atoms with Crippen molar-refractivity contribution in [2.24, 2.45) is 0 Å². The number of amides is 1. The van der Waals surface area contributed by atoms with Crippen LogP contribution in [0.3, 0.4) is 0 Å². The molecule has 40 heavy (non-hydrogen) atoms. The Morgan fingerprint density at radius 2 is 1.98 bits per heavy atom. The van der Waals surface area contributed by atoms with Crippen LogP contribution in [0, 0.1) is 24.9 Å². The number of rotatable bonds is 8. The monoisotopic (exact) mass is 544 g/mol. The van der Waals surface area contributed by atoms with Crippen LogP contribution >= 0.6 is 0 Å². The lowest BCUT2D eigenvalue weighted by molar-refractivity contribution is -0.612. The number of imidazole rings is 1. The maximum Gasteiger partial charge on any atom is 0.257 e. The topological polar surface area (TPSA) is 149 Å². The van der Waals surface area contributed by atoms with Gasteiger partial charge in [-0.1, -0.05) is 0 Å². The Balaban J connectivity index is 1.60. The van der Waals surface area contributed by atoms with Gasteiger partial charge < -0.3 is 25.5 Å². The molecule has 0 aliphatic heterocycles. The van der Waals surface area contributed by atoms with Crippen molar-refractivity contribution in [3.05, 3.63) is 95.0 Å². The first-order chi connectivity index (χ1) is 19.2. The molecule has 1 atom stereocenters. The summed E-state index contributed by atoms with van der Waals surface area (Å²) in [6, 6.07) is 12.5.